The highest BCUT2D eigenvalue weighted by molar-refractivity contribution is 7.89. The van der Waals surface area contributed by atoms with Crippen LogP contribution in [-0.4, -0.2) is 101 Å². The van der Waals surface area contributed by atoms with Gasteiger partial charge in [0.25, 0.3) is 5.91 Å². The van der Waals surface area contributed by atoms with Gasteiger partial charge in [0.15, 0.2) is 0 Å². The average Bonchev–Trinajstić information content (AvgIpc) is 2.97. The average molecular weight is 606 g/mol. The fourth-order valence-electron chi connectivity index (χ4n) is 4.93. The molecule has 3 rings (SSSR count). The summed E-state index contributed by atoms with van der Waals surface area (Å²) in [6.45, 7) is 6.31. The normalized spacial score (nSPS) is 21.7. The van der Waals surface area contributed by atoms with Gasteiger partial charge in [0.05, 0.1) is 42.4 Å². The van der Waals surface area contributed by atoms with E-state index in [9.17, 15) is 18.3 Å². The molecule has 1 aliphatic rings. The fourth-order valence-corrected chi connectivity index (χ4v) is 6.11. The molecule has 1 heterocycles. The van der Waals surface area contributed by atoms with Gasteiger partial charge in [0.2, 0.25) is 10.0 Å². The lowest BCUT2D eigenvalue weighted by Crippen LogP contribution is -2.48. The van der Waals surface area contributed by atoms with Crippen molar-refractivity contribution < 1.29 is 32.5 Å². The highest BCUT2D eigenvalue weighted by Gasteiger charge is 2.32. The first kappa shape index (κ1) is 33.6. The van der Waals surface area contributed by atoms with Gasteiger partial charge in [-0.15, -0.1) is 0 Å². The van der Waals surface area contributed by atoms with Crippen molar-refractivity contribution in [2.24, 2.45) is 5.92 Å². The van der Waals surface area contributed by atoms with E-state index in [0.29, 0.717) is 23.7 Å². The number of rotatable bonds is 8. The van der Waals surface area contributed by atoms with Crippen molar-refractivity contribution in [3.63, 3.8) is 0 Å². The minimum atomic E-state index is -3.80. The summed E-state index contributed by atoms with van der Waals surface area (Å²) in [5, 5.41) is 10.1. The summed E-state index contributed by atoms with van der Waals surface area (Å²) < 4.78 is 45.9. The zero-order valence-electron chi connectivity index (χ0n) is 25.9. The zero-order valence-corrected chi connectivity index (χ0v) is 26.8. The molecule has 0 bridgehead atoms. The summed E-state index contributed by atoms with van der Waals surface area (Å²) in [5.41, 5.74) is 1.28. The number of hydrogen-bond donors (Lipinski definition) is 1. The van der Waals surface area contributed by atoms with E-state index in [1.165, 1.54) is 30.6 Å². The molecule has 0 aromatic heterocycles. The van der Waals surface area contributed by atoms with Crippen LogP contribution < -0.4 is 14.4 Å². The topological polar surface area (TPSA) is 109 Å². The Balaban J connectivity index is 1.95. The summed E-state index contributed by atoms with van der Waals surface area (Å²) in [4.78, 5) is 17.8. The van der Waals surface area contributed by atoms with Crippen molar-refractivity contribution in [3.8, 4) is 11.5 Å². The number of nitrogens with zero attached hydrogens (tertiary/aromatic N) is 3. The Morgan fingerprint density at radius 3 is 2.40 bits per heavy atom. The van der Waals surface area contributed by atoms with E-state index in [1.54, 1.807) is 24.0 Å². The maximum atomic E-state index is 14.1. The first-order chi connectivity index (χ1) is 19.9. The summed E-state index contributed by atoms with van der Waals surface area (Å²) in [6.07, 6.45) is 1.80. The van der Waals surface area contributed by atoms with Gasteiger partial charge in [-0.2, -0.15) is 4.31 Å². The molecule has 0 spiro atoms. The van der Waals surface area contributed by atoms with Gasteiger partial charge in [0, 0.05) is 52.4 Å². The Kier molecular flexibility index (Phi) is 12.0. The third kappa shape index (κ3) is 8.37. The molecule has 0 saturated carbocycles. The van der Waals surface area contributed by atoms with E-state index < -0.39 is 22.2 Å². The monoisotopic (exact) mass is 605 g/mol. The lowest BCUT2D eigenvalue weighted by atomic mass is 10.0. The number of likely N-dealkylation sites (N-methyl/N-ethyl adjacent to an activating group) is 1. The number of anilines is 1. The number of amides is 1. The van der Waals surface area contributed by atoms with E-state index in [2.05, 4.69) is 0 Å². The SMILES string of the molecule is COc1ccc(S(=O)(=O)N(C)C[C@H]2OCCCC[C@@H](C)Oc3ccc(N(C)C)cc3C(=O)N([C@@H](C)CO)C[C@@H]2C)cc1. The first-order valence-corrected chi connectivity index (χ1v) is 15.9. The molecule has 234 valence electrons. The van der Waals surface area contributed by atoms with Crippen molar-refractivity contribution in [1.82, 2.24) is 9.21 Å². The molecule has 0 saturated heterocycles. The molecule has 2 aromatic rings. The molecule has 4 atom stereocenters. The van der Waals surface area contributed by atoms with Crippen LogP contribution in [0.3, 0.4) is 0 Å². The molecule has 1 N–H and O–H groups in total. The number of carbonyl (C=O) groups excluding carboxylic acids is 1. The third-order valence-corrected chi connectivity index (χ3v) is 9.59. The minimum absolute atomic E-state index is 0.103. The molecule has 2 aromatic carbocycles. The predicted molar refractivity (Wildman–Crippen MR) is 164 cm³/mol. The molecule has 10 nitrogen and oxygen atoms in total. The molecule has 1 amide bonds. The standard InChI is InChI=1S/C31H47N3O7S/c1-22-19-34(23(2)21-35)31(36)28-18-25(32(4)5)11-16-29(28)41-24(3)10-8-9-17-40-30(22)20-33(6)42(37,38)27-14-12-26(39-7)13-15-27/h11-16,18,22-24,30,35H,8-10,17,19-21H2,1-7H3/t22-,23-,24+,30+/m0/s1. The van der Waals surface area contributed by atoms with Crippen LogP contribution in [0.4, 0.5) is 5.69 Å². The van der Waals surface area contributed by atoms with E-state index in [1.807, 2.05) is 51.0 Å². The van der Waals surface area contributed by atoms with Gasteiger partial charge in [-0.3, -0.25) is 4.79 Å². The number of aliphatic hydroxyl groups excluding tert-OH is 1. The van der Waals surface area contributed by atoms with Gasteiger partial charge in [-0.05, 0) is 75.6 Å². The van der Waals surface area contributed by atoms with Crippen molar-refractivity contribution in [3.05, 3.63) is 48.0 Å². The molecule has 11 heteroatoms. The number of methoxy groups -OCH3 is 1. The molecule has 42 heavy (non-hydrogen) atoms. The second kappa shape index (κ2) is 15.0. The molecule has 0 fully saturated rings. The fraction of sp³-hybridized carbons (Fsp3) is 0.581. The second-order valence-corrected chi connectivity index (χ2v) is 13.4. The lowest BCUT2D eigenvalue weighted by Gasteiger charge is -2.35. The van der Waals surface area contributed by atoms with E-state index >= 15 is 0 Å². The predicted octanol–water partition coefficient (Wildman–Crippen LogP) is 3.88. The maximum Gasteiger partial charge on any atom is 0.258 e. The van der Waals surface area contributed by atoms with Gasteiger partial charge in [-0.25, -0.2) is 8.42 Å². The Hall–Kier alpha value is -2.86. The lowest BCUT2D eigenvalue weighted by molar-refractivity contribution is -0.00833. The Bertz CT molecular complexity index is 1270. The molecular formula is C31H47N3O7S. The summed E-state index contributed by atoms with van der Waals surface area (Å²) in [5.74, 6) is 0.571. The van der Waals surface area contributed by atoms with Gasteiger partial charge < -0.3 is 29.1 Å². The number of carbonyl (C=O) groups is 1. The number of hydrogen-bond acceptors (Lipinski definition) is 8. The third-order valence-electron chi connectivity index (χ3n) is 7.76. The Labute approximate surface area is 251 Å². The largest absolute Gasteiger partial charge is 0.497 e. The Morgan fingerprint density at radius 2 is 1.79 bits per heavy atom. The maximum absolute atomic E-state index is 14.1. The summed E-state index contributed by atoms with van der Waals surface area (Å²) >= 11 is 0. The molecule has 0 radical (unpaired) electrons. The van der Waals surface area contributed by atoms with Crippen molar-refractivity contribution in [2.75, 3.05) is 59.5 Å². The van der Waals surface area contributed by atoms with Gasteiger partial charge in [0.1, 0.15) is 11.5 Å². The van der Waals surface area contributed by atoms with Crippen LogP contribution in [0.5, 0.6) is 11.5 Å². The van der Waals surface area contributed by atoms with Crippen molar-refractivity contribution in [1.29, 1.82) is 0 Å². The molecule has 1 aliphatic heterocycles. The van der Waals surface area contributed by atoms with Gasteiger partial charge >= 0.3 is 0 Å². The molecule has 0 unspecified atom stereocenters. The van der Waals surface area contributed by atoms with Crippen LogP contribution in [0, 0.1) is 5.92 Å². The van der Waals surface area contributed by atoms with Crippen molar-refractivity contribution in [2.45, 2.75) is 63.2 Å². The van der Waals surface area contributed by atoms with E-state index in [0.717, 1.165) is 24.9 Å². The zero-order chi connectivity index (χ0) is 31.0. The smallest absolute Gasteiger partial charge is 0.258 e. The number of benzene rings is 2. The minimum Gasteiger partial charge on any atom is -0.497 e. The molecular weight excluding hydrogens is 558 g/mol. The van der Waals surface area contributed by atoms with Crippen LogP contribution in [-0.2, 0) is 14.8 Å². The summed E-state index contributed by atoms with van der Waals surface area (Å²) in [6, 6.07) is 11.4. The quantitative estimate of drug-likeness (QED) is 0.483. The van der Waals surface area contributed by atoms with Crippen LogP contribution in [0.15, 0.2) is 47.4 Å². The van der Waals surface area contributed by atoms with Crippen LogP contribution in [0.2, 0.25) is 0 Å². The van der Waals surface area contributed by atoms with Crippen molar-refractivity contribution >= 4 is 21.6 Å². The Morgan fingerprint density at radius 1 is 1.10 bits per heavy atom. The second-order valence-electron chi connectivity index (χ2n) is 11.3. The highest BCUT2D eigenvalue weighted by Crippen LogP contribution is 2.29. The van der Waals surface area contributed by atoms with E-state index in [4.69, 9.17) is 14.2 Å². The molecule has 0 aliphatic carbocycles. The number of ether oxygens (including phenoxy) is 3. The summed E-state index contributed by atoms with van der Waals surface area (Å²) in [7, 11) is 3.09. The van der Waals surface area contributed by atoms with E-state index in [-0.39, 0.29) is 42.5 Å². The first-order valence-electron chi connectivity index (χ1n) is 14.5. The highest BCUT2D eigenvalue weighted by atomic mass is 32.2. The van der Waals surface area contributed by atoms with Crippen LogP contribution >= 0.6 is 0 Å². The number of sulfonamides is 1. The number of aliphatic hydroxyl groups is 1. The van der Waals surface area contributed by atoms with Crippen LogP contribution in [0.1, 0.15) is 50.4 Å². The van der Waals surface area contributed by atoms with Gasteiger partial charge in [-0.1, -0.05) is 6.92 Å². The number of fused-ring (bicyclic) bond motifs is 1. The van der Waals surface area contributed by atoms with Crippen LogP contribution in [0.25, 0.3) is 0 Å².